The van der Waals surface area contributed by atoms with Gasteiger partial charge in [0.25, 0.3) is 5.91 Å². The fourth-order valence-corrected chi connectivity index (χ4v) is 4.10. The number of carbonyl (C=O) groups excluding carboxylic acids is 2. The zero-order valence-corrected chi connectivity index (χ0v) is 14.7. The second-order valence-electron chi connectivity index (χ2n) is 7.07. The lowest BCUT2D eigenvalue weighted by Gasteiger charge is -2.45. The van der Waals surface area contributed by atoms with Gasteiger partial charge in [-0.25, -0.2) is 0 Å². The Bertz CT molecular complexity index is 786. The Labute approximate surface area is 152 Å². The van der Waals surface area contributed by atoms with E-state index in [0.29, 0.717) is 31.7 Å². The quantitative estimate of drug-likeness (QED) is 0.852. The molecule has 0 aliphatic carbocycles. The summed E-state index contributed by atoms with van der Waals surface area (Å²) in [6.07, 6.45) is 8.30. The van der Waals surface area contributed by atoms with E-state index in [9.17, 15) is 9.59 Å². The second-order valence-corrected chi connectivity index (χ2v) is 7.07. The molecule has 0 bridgehead atoms. The molecule has 4 heterocycles. The molecule has 6 heteroatoms. The Morgan fingerprint density at radius 1 is 1.08 bits per heavy atom. The van der Waals surface area contributed by atoms with Gasteiger partial charge in [0.2, 0.25) is 5.91 Å². The van der Waals surface area contributed by atoms with Crippen molar-refractivity contribution < 1.29 is 9.59 Å². The van der Waals surface area contributed by atoms with Gasteiger partial charge in [0.05, 0.1) is 0 Å². The molecule has 2 amide bonds. The number of piperidine rings is 1. The average molecular weight is 350 g/mol. The fourth-order valence-electron chi connectivity index (χ4n) is 4.10. The summed E-state index contributed by atoms with van der Waals surface area (Å²) in [4.78, 5) is 37.3. The maximum atomic E-state index is 12.6. The first-order chi connectivity index (χ1) is 12.7. The molecule has 26 heavy (non-hydrogen) atoms. The number of hydrogen-bond acceptors (Lipinski definition) is 4. The second kappa shape index (κ2) is 6.86. The first-order valence-electron chi connectivity index (χ1n) is 9.08. The Morgan fingerprint density at radius 2 is 1.92 bits per heavy atom. The van der Waals surface area contributed by atoms with Crippen LogP contribution in [0.15, 0.2) is 48.9 Å². The monoisotopic (exact) mass is 350 g/mol. The number of carbonyl (C=O) groups is 2. The number of nitrogens with zero attached hydrogens (tertiary/aromatic N) is 4. The molecule has 6 nitrogen and oxygen atoms in total. The van der Waals surface area contributed by atoms with Crippen molar-refractivity contribution in [3.05, 3.63) is 60.2 Å². The number of hydrogen-bond donors (Lipinski definition) is 0. The molecule has 2 aliphatic heterocycles. The summed E-state index contributed by atoms with van der Waals surface area (Å²) in [5, 5.41) is 0. The van der Waals surface area contributed by atoms with Gasteiger partial charge >= 0.3 is 0 Å². The third-order valence-corrected chi connectivity index (χ3v) is 5.61. The molecule has 2 aromatic rings. The highest BCUT2D eigenvalue weighted by molar-refractivity contribution is 5.92. The molecule has 0 radical (unpaired) electrons. The van der Waals surface area contributed by atoms with Crippen LogP contribution in [0.4, 0.5) is 0 Å². The lowest BCUT2D eigenvalue weighted by atomic mass is 9.84. The third-order valence-electron chi connectivity index (χ3n) is 5.61. The number of amides is 2. The standard InChI is InChI=1S/C20H22N4O2/c25-18-6-7-20(24(18)15-16-4-3-10-21-14-16)8-12-23(13-9-20)19(26)17-5-1-2-11-22-17/h1-5,10-11,14H,6-9,12-13,15H2. The van der Waals surface area contributed by atoms with E-state index in [-0.39, 0.29) is 17.4 Å². The maximum absolute atomic E-state index is 12.6. The molecule has 2 aliphatic rings. The predicted octanol–water partition coefficient (Wildman–Crippen LogP) is 2.27. The highest BCUT2D eigenvalue weighted by Gasteiger charge is 2.47. The van der Waals surface area contributed by atoms with Crippen LogP contribution in [0, 0.1) is 0 Å². The Morgan fingerprint density at radius 3 is 2.62 bits per heavy atom. The summed E-state index contributed by atoms with van der Waals surface area (Å²) in [5.74, 6) is 0.182. The molecule has 0 N–H and O–H groups in total. The minimum atomic E-state index is -0.131. The van der Waals surface area contributed by atoms with Gasteiger partial charge in [-0.15, -0.1) is 0 Å². The van der Waals surface area contributed by atoms with Crippen molar-refractivity contribution in [3.63, 3.8) is 0 Å². The summed E-state index contributed by atoms with van der Waals surface area (Å²) >= 11 is 0. The molecule has 4 rings (SSSR count). The van der Waals surface area contributed by atoms with Gasteiger partial charge in [0.15, 0.2) is 0 Å². The lowest BCUT2D eigenvalue weighted by molar-refractivity contribution is -0.133. The summed E-state index contributed by atoms with van der Waals surface area (Å²) < 4.78 is 0. The van der Waals surface area contributed by atoms with Crippen LogP contribution in [0.5, 0.6) is 0 Å². The topological polar surface area (TPSA) is 66.4 Å². The van der Waals surface area contributed by atoms with E-state index >= 15 is 0 Å². The molecule has 0 atom stereocenters. The molecule has 0 aromatic carbocycles. The largest absolute Gasteiger partial charge is 0.337 e. The van der Waals surface area contributed by atoms with E-state index in [4.69, 9.17) is 0 Å². The van der Waals surface area contributed by atoms with E-state index in [1.54, 1.807) is 18.5 Å². The lowest BCUT2D eigenvalue weighted by Crippen LogP contribution is -2.53. The molecule has 1 spiro atoms. The van der Waals surface area contributed by atoms with Gasteiger partial charge in [-0.3, -0.25) is 19.6 Å². The number of aromatic nitrogens is 2. The zero-order chi connectivity index (χ0) is 18.0. The van der Waals surface area contributed by atoms with Crippen molar-refractivity contribution in [1.29, 1.82) is 0 Å². The Hall–Kier alpha value is -2.76. The molecule has 2 fully saturated rings. The molecular formula is C20H22N4O2. The Kier molecular flexibility index (Phi) is 4.41. The fraction of sp³-hybridized carbons (Fsp3) is 0.400. The minimum Gasteiger partial charge on any atom is -0.337 e. The predicted molar refractivity (Wildman–Crippen MR) is 96.1 cm³/mol. The van der Waals surface area contributed by atoms with Gasteiger partial charge in [-0.2, -0.15) is 0 Å². The molecule has 134 valence electrons. The van der Waals surface area contributed by atoms with Gasteiger partial charge in [0.1, 0.15) is 5.69 Å². The van der Waals surface area contributed by atoms with Crippen LogP contribution in [0.3, 0.4) is 0 Å². The van der Waals surface area contributed by atoms with Gasteiger partial charge in [-0.05, 0) is 43.0 Å². The highest BCUT2D eigenvalue weighted by atomic mass is 16.2. The van der Waals surface area contributed by atoms with Crippen LogP contribution in [-0.2, 0) is 11.3 Å². The molecule has 2 aromatic heterocycles. The summed E-state index contributed by atoms with van der Waals surface area (Å²) in [6, 6.07) is 9.29. The summed E-state index contributed by atoms with van der Waals surface area (Å²) in [7, 11) is 0. The van der Waals surface area contributed by atoms with Crippen LogP contribution in [0.2, 0.25) is 0 Å². The summed E-state index contributed by atoms with van der Waals surface area (Å²) in [6.45, 7) is 1.92. The van der Waals surface area contributed by atoms with Crippen LogP contribution in [0.1, 0.15) is 41.7 Å². The van der Waals surface area contributed by atoms with Crippen molar-refractivity contribution in [3.8, 4) is 0 Å². The van der Waals surface area contributed by atoms with Crippen molar-refractivity contribution in [2.24, 2.45) is 0 Å². The van der Waals surface area contributed by atoms with Gasteiger partial charge in [-0.1, -0.05) is 12.1 Å². The van der Waals surface area contributed by atoms with E-state index in [1.165, 1.54) is 0 Å². The third kappa shape index (κ3) is 3.07. The zero-order valence-electron chi connectivity index (χ0n) is 14.7. The van der Waals surface area contributed by atoms with Crippen molar-refractivity contribution >= 4 is 11.8 Å². The molecule has 2 saturated heterocycles. The summed E-state index contributed by atoms with van der Waals surface area (Å²) in [5.41, 5.74) is 1.40. The smallest absolute Gasteiger partial charge is 0.272 e. The molecule has 0 saturated carbocycles. The van der Waals surface area contributed by atoms with E-state index in [0.717, 1.165) is 24.8 Å². The van der Waals surface area contributed by atoms with Crippen LogP contribution in [-0.4, -0.2) is 50.2 Å². The molecule has 0 unspecified atom stereocenters. The Balaban J connectivity index is 1.46. The van der Waals surface area contributed by atoms with E-state index in [2.05, 4.69) is 9.97 Å². The van der Waals surface area contributed by atoms with Gasteiger partial charge < -0.3 is 9.80 Å². The SMILES string of the molecule is O=C(c1ccccn1)N1CCC2(CCC(=O)N2Cc2cccnc2)CC1. The van der Waals surface area contributed by atoms with Crippen LogP contribution >= 0.6 is 0 Å². The number of pyridine rings is 2. The van der Waals surface area contributed by atoms with Crippen molar-refractivity contribution in [2.75, 3.05) is 13.1 Å². The van der Waals surface area contributed by atoms with E-state index in [1.807, 2.05) is 40.3 Å². The van der Waals surface area contributed by atoms with Crippen LogP contribution in [0.25, 0.3) is 0 Å². The number of rotatable bonds is 3. The van der Waals surface area contributed by atoms with E-state index < -0.39 is 0 Å². The first-order valence-corrected chi connectivity index (χ1v) is 9.08. The van der Waals surface area contributed by atoms with Crippen LogP contribution < -0.4 is 0 Å². The highest BCUT2D eigenvalue weighted by Crippen LogP contribution is 2.40. The van der Waals surface area contributed by atoms with Crippen molar-refractivity contribution in [2.45, 2.75) is 37.8 Å². The number of likely N-dealkylation sites (tertiary alicyclic amines) is 2. The average Bonchev–Trinajstić information content (AvgIpc) is 2.99. The molecular weight excluding hydrogens is 328 g/mol. The normalized spacial score (nSPS) is 19.2. The maximum Gasteiger partial charge on any atom is 0.272 e. The first kappa shape index (κ1) is 16.7. The minimum absolute atomic E-state index is 0.0245. The van der Waals surface area contributed by atoms with Gasteiger partial charge in [0, 0.05) is 50.2 Å². The van der Waals surface area contributed by atoms with Crippen molar-refractivity contribution in [1.82, 2.24) is 19.8 Å².